The molecule has 0 radical (unpaired) electrons. The summed E-state index contributed by atoms with van der Waals surface area (Å²) in [5.41, 5.74) is 13.2. The van der Waals surface area contributed by atoms with Crippen LogP contribution < -0.4 is 43.4 Å². The highest BCUT2D eigenvalue weighted by Crippen LogP contribution is 2.30. The first-order chi connectivity index (χ1) is 37.7. The predicted molar refractivity (Wildman–Crippen MR) is 295 cm³/mol. The number of carboxylic acids is 1. The summed E-state index contributed by atoms with van der Waals surface area (Å²) >= 11 is 2.63. The summed E-state index contributed by atoms with van der Waals surface area (Å²) in [6, 6.07) is 5.39. The minimum Gasteiger partial charge on any atom is -0.481 e. The lowest BCUT2D eigenvalue weighted by Gasteiger charge is -2.34. The number of aliphatic carboxylic acids is 1. The van der Waals surface area contributed by atoms with Gasteiger partial charge in [-0.25, -0.2) is 0 Å². The van der Waals surface area contributed by atoms with Crippen molar-refractivity contribution in [3.63, 3.8) is 0 Å². The van der Waals surface area contributed by atoms with Gasteiger partial charge < -0.3 is 63.0 Å². The first-order valence-electron chi connectivity index (χ1n) is 26.7. The molecule has 2 saturated heterocycles. The number of rotatable bonds is 17. The lowest BCUT2D eigenvalue weighted by molar-refractivity contribution is -0.148. The SMILES string of the molecule is CCCCCC(=O)N[C@H]1CSCc2cccc(c2)CSC[C@@H](C(=O)N[C@@H](CC(=O)O)C(N)=O)NC(=O)[C@H](Cc2ccccc2)NC(=O)[C@H](CCC(N)=O)NC(=O)[C@H]([C@@H](C)OC)NC(=O)[C@@H]2C(C)CCN2C(=O)[C@@H]2CCCN2C1=O. The van der Waals surface area contributed by atoms with Crippen LogP contribution in [0.3, 0.4) is 0 Å². The minimum absolute atomic E-state index is 0.137. The van der Waals surface area contributed by atoms with Crippen LogP contribution in [0.4, 0.5) is 0 Å². The van der Waals surface area contributed by atoms with Gasteiger partial charge in [0.15, 0.2) is 0 Å². The molecule has 25 heteroatoms. The largest absolute Gasteiger partial charge is 0.481 e. The molecule has 2 bridgehead atoms. The molecule has 2 fully saturated rings. The smallest absolute Gasteiger partial charge is 0.305 e. The molecule has 3 aliphatic heterocycles. The maximum Gasteiger partial charge on any atom is 0.305 e. The molecule has 432 valence electrons. The van der Waals surface area contributed by atoms with E-state index in [9.17, 15) is 57.8 Å². The zero-order valence-electron chi connectivity index (χ0n) is 45.2. The van der Waals surface area contributed by atoms with Crippen LogP contribution in [0.15, 0.2) is 54.6 Å². The highest BCUT2D eigenvalue weighted by atomic mass is 32.2. The Morgan fingerprint density at radius 3 is 2.10 bits per heavy atom. The van der Waals surface area contributed by atoms with Crippen molar-refractivity contribution >= 4 is 88.6 Å². The fourth-order valence-corrected chi connectivity index (χ4v) is 11.7. The molecule has 2 aromatic carbocycles. The van der Waals surface area contributed by atoms with Crippen molar-refractivity contribution in [2.75, 3.05) is 31.7 Å². The molecule has 23 nitrogen and oxygen atoms in total. The number of nitrogens with zero attached hydrogens (tertiary/aromatic N) is 2. The first-order valence-corrected chi connectivity index (χ1v) is 29.0. The highest BCUT2D eigenvalue weighted by molar-refractivity contribution is 7.98. The number of benzene rings is 2. The van der Waals surface area contributed by atoms with E-state index in [-0.39, 0.29) is 55.5 Å². The van der Waals surface area contributed by atoms with Gasteiger partial charge in [0.05, 0.1) is 12.5 Å². The Balaban J connectivity index is 1.55. The van der Waals surface area contributed by atoms with Gasteiger partial charge in [-0.05, 0) is 61.6 Å². The van der Waals surface area contributed by atoms with Gasteiger partial charge in [-0.1, -0.05) is 81.3 Å². The molecule has 10 amide bonds. The Morgan fingerprint density at radius 2 is 1.46 bits per heavy atom. The fraction of sp³-hybridized carbons (Fsp3) is 0.574. The van der Waals surface area contributed by atoms with Crippen molar-refractivity contribution in [1.82, 2.24) is 41.7 Å². The molecule has 5 rings (SSSR count). The van der Waals surface area contributed by atoms with Crippen LogP contribution in [0, 0.1) is 5.92 Å². The summed E-state index contributed by atoms with van der Waals surface area (Å²) in [4.78, 5) is 154. The number of fused-ring (bicyclic) bond motifs is 4. The minimum atomic E-state index is -1.65. The predicted octanol–water partition coefficient (Wildman–Crippen LogP) is 0.387. The fourth-order valence-electron chi connectivity index (χ4n) is 9.69. The van der Waals surface area contributed by atoms with Crippen LogP contribution >= 0.6 is 23.5 Å². The molecule has 0 spiro atoms. The second-order valence-corrected chi connectivity index (χ2v) is 22.3. The number of primary amides is 2. The average Bonchev–Trinajstić information content (AvgIpc) is 4.13. The van der Waals surface area contributed by atoms with Crippen molar-refractivity contribution in [3.8, 4) is 0 Å². The van der Waals surface area contributed by atoms with Crippen LogP contribution in [0.2, 0.25) is 0 Å². The second kappa shape index (κ2) is 31.2. The average molecular weight is 1140 g/mol. The van der Waals surface area contributed by atoms with Gasteiger partial charge in [-0.2, -0.15) is 23.5 Å². The van der Waals surface area contributed by atoms with E-state index < -0.39 is 132 Å². The molecule has 11 N–H and O–H groups in total. The quantitative estimate of drug-likeness (QED) is 0.0968. The molecule has 2 aromatic rings. The number of methoxy groups -OCH3 is 1. The van der Waals surface area contributed by atoms with Crippen LogP contribution in [0.25, 0.3) is 0 Å². The number of ether oxygens (including phenoxy) is 1. The van der Waals surface area contributed by atoms with Crippen LogP contribution in [0.5, 0.6) is 0 Å². The standard InChI is InChI=1S/C54H76N10O13S2/c1-5-6-8-18-43(66)57-40-30-79-28-35-16-11-15-34(24-35)27-78-29-39(50(72)59-37(47(56)69)26-44(67)68)61-49(71)38(25-33-13-9-7-10-14-33)60-48(70)36(19-20-42(55)65)58-51(73)45(32(3)77-4)62-52(74)46-31(2)21-23-64(46)54(76)41-17-12-22-63(41)53(40)75/h7,9-11,13-16,24,31-32,36-41,45-46H,5-6,8,12,17-23,25-30H2,1-4H3,(H2,55,65)(H2,56,69)(H,57,66)(H,58,73)(H,59,72)(H,60,70)(H,61,71)(H,62,74)(H,67,68)/t31?,32-,36+,37+,38+,39+,40+,41+,45+,46+/m1/s1. The van der Waals surface area contributed by atoms with Crippen molar-refractivity contribution < 1.29 is 62.6 Å². The third-order valence-corrected chi connectivity index (χ3v) is 16.3. The summed E-state index contributed by atoms with van der Waals surface area (Å²) in [5, 5.41) is 25.4. The van der Waals surface area contributed by atoms with Crippen LogP contribution in [0.1, 0.15) is 102 Å². The van der Waals surface area contributed by atoms with E-state index in [0.29, 0.717) is 37.0 Å². The zero-order chi connectivity index (χ0) is 57.8. The van der Waals surface area contributed by atoms with E-state index >= 15 is 0 Å². The van der Waals surface area contributed by atoms with E-state index in [2.05, 4.69) is 31.9 Å². The summed E-state index contributed by atoms with van der Waals surface area (Å²) < 4.78 is 5.54. The maximum absolute atomic E-state index is 14.7. The summed E-state index contributed by atoms with van der Waals surface area (Å²) in [5.74, 6) is -8.65. The van der Waals surface area contributed by atoms with E-state index in [0.717, 1.165) is 24.0 Å². The summed E-state index contributed by atoms with van der Waals surface area (Å²) in [7, 11) is 1.30. The van der Waals surface area contributed by atoms with E-state index in [4.69, 9.17) is 16.2 Å². The molecular formula is C54H76N10O13S2. The van der Waals surface area contributed by atoms with Gasteiger partial charge in [-0.15, -0.1) is 0 Å². The number of thioether (sulfide) groups is 2. The van der Waals surface area contributed by atoms with Gasteiger partial charge in [0.1, 0.15) is 48.3 Å². The number of carbonyl (C=O) groups excluding carboxylic acids is 10. The number of nitrogens with one attached hydrogen (secondary N) is 6. The molecule has 3 heterocycles. The molecule has 79 heavy (non-hydrogen) atoms. The van der Waals surface area contributed by atoms with Crippen LogP contribution in [-0.2, 0) is 75.4 Å². The Bertz CT molecular complexity index is 2510. The third-order valence-electron chi connectivity index (χ3n) is 14.1. The van der Waals surface area contributed by atoms with Crippen molar-refractivity contribution in [3.05, 3.63) is 71.3 Å². The number of nitrogens with two attached hydrogens (primary N) is 2. The Morgan fingerprint density at radius 1 is 0.785 bits per heavy atom. The van der Waals surface area contributed by atoms with Gasteiger partial charge >= 0.3 is 5.97 Å². The normalized spacial score (nSPS) is 24.9. The van der Waals surface area contributed by atoms with Crippen molar-refractivity contribution in [1.29, 1.82) is 0 Å². The van der Waals surface area contributed by atoms with Gasteiger partial charge in [0, 0.05) is 62.5 Å². The van der Waals surface area contributed by atoms with Crippen molar-refractivity contribution in [2.45, 2.75) is 157 Å². The number of carbonyl (C=O) groups is 11. The lowest BCUT2D eigenvalue weighted by atomic mass is 10.00. The number of amides is 10. The molecule has 0 aliphatic carbocycles. The molecule has 0 saturated carbocycles. The second-order valence-electron chi connectivity index (χ2n) is 20.2. The Labute approximate surface area is 468 Å². The number of hydrogen-bond donors (Lipinski definition) is 9. The number of hydrogen-bond acceptors (Lipinski definition) is 14. The van der Waals surface area contributed by atoms with E-state index in [1.165, 1.54) is 47.4 Å². The summed E-state index contributed by atoms with van der Waals surface area (Å²) in [6.07, 6.45) is 0.972. The molecule has 10 atom stereocenters. The van der Waals surface area contributed by atoms with Gasteiger partial charge in [0.25, 0.3) is 0 Å². The molecule has 3 aliphatic rings. The highest BCUT2D eigenvalue weighted by Gasteiger charge is 2.47. The topological polar surface area (TPSA) is 348 Å². The molecule has 1 unspecified atom stereocenters. The molecule has 0 aromatic heterocycles. The number of carboxylic acid groups (broad SMARTS) is 1. The first kappa shape index (κ1) is 63.1. The Kier molecular flexibility index (Phi) is 24.9. The van der Waals surface area contributed by atoms with Gasteiger partial charge in [0.2, 0.25) is 59.1 Å². The van der Waals surface area contributed by atoms with E-state index in [1.54, 1.807) is 37.3 Å². The van der Waals surface area contributed by atoms with Gasteiger partial charge in [-0.3, -0.25) is 52.7 Å². The maximum atomic E-state index is 14.7. The monoisotopic (exact) mass is 1140 g/mol. The Hall–Kier alpha value is -6.73. The number of unbranched alkanes of at least 4 members (excludes halogenated alkanes) is 2. The van der Waals surface area contributed by atoms with Crippen molar-refractivity contribution in [2.24, 2.45) is 17.4 Å². The zero-order valence-corrected chi connectivity index (χ0v) is 46.8. The lowest BCUT2D eigenvalue weighted by Crippen LogP contribution is -2.62. The van der Waals surface area contributed by atoms with Crippen LogP contribution in [-0.4, -0.2) is 166 Å². The molecular weight excluding hydrogens is 1060 g/mol. The third kappa shape index (κ3) is 19.0. The van der Waals surface area contributed by atoms with E-state index in [1.807, 2.05) is 31.2 Å². The summed E-state index contributed by atoms with van der Waals surface area (Å²) in [6.45, 7) is 5.73.